The highest BCUT2D eigenvalue weighted by atomic mass is 35.5. The van der Waals surface area contributed by atoms with E-state index in [0.717, 1.165) is 0 Å². The first-order chi connectivity index (χ1) is 7.80. The zero-order valence-corrected chi connectivity index (χ0v) is 11.2. The molecule has 0 radical (unpaired) electrons. The fourth-order valence-electron chi connectivity index (χ4n) is 1.81. The molecular weight excluding hydrogens is 266 g/mol. The molecule has 17 heavy (non-hydrogen) atoms. The van der Waals surface area contributed by atoms with Gasteiger partial charge in [-0.2, -0.15) is 0 Å². The van der Waals surface area contributed by atoms with Crippen LogP contribution < -0.4 is 5.32 Å². The second kappa shape index (κ2) is 4.13. The van der Waals surface area contributed by atoms with E-state index in [1.165, 1.54) is 0 Å². The first-order valence-corrected chi connectivity index (χ1v) is 7.52. The molecule has 0 spiro atoms. The Bertz CT molecular complexity index is 513. The first-order valence-electron chi connectivity index (χ1n) is 5.26. The second-order valence-electron chi connectivity index (χ2n) is 4.59. The van der Waals surface area contributed by atoms with Crippen molar-refractivity contribution in [2.75, 3.05) is 16.8 Å². The van der Waals surface area contributed by atoms with Crippen molar-refractivity contribution in [3.63, 3.8) is 0 Å². The first kappa shape index (κ1) is 12.6. The molecule has 1 N–H and O–H groups in total. The van der Waals surface area contributed by atoms with Gasteiger partial charge in [0.2, 0.25) is 5.89 Å². The van der Waals surface area contributed by atoms with Gasteiger partial charge in [-0.05, 0) is 20.3 Å². The number of nitrogens with one attached hydrogen (secondary N) is 1. The third-order valence-corrected chi connectivity index (χ3v) is 4.78. The van der Waals surface area contributed by atoms with Crippen LogP contribution in [0, 0.1) is 0 Å². The molecule has 96 valence electrons. The number of alkyl halides is 1. The minimum Gasteiger partial charge on any atom is -0.406 e. The van der Waals surface area contributed by atoms with Crippen LogP contribution >= 0.6 is 11.6 Å². The summed E-state index contributed by atoms with van der Waals surface area (Å²) < 4.78 is 28.1. The number of nitrogens with zero attached hydrogens (tertiary/aromatic N) is 2. The molecule has 1 aromatic heterocycles. The predicted octanol–water partition coefficient (Wildman–Crippen LogP) is 1.36. The minimum atomic E-state index is -2.96. The molecule has 2 unspecified atom stereocenters. The lowest BCUT2D eigenvalue weighted by molar-refractivity contribution is 0.478. The molecular formula is C9H14ClN3O3S. The molecule has 0 aliphatic carbocycles. The van der Waals surface area contributed by atoms with Crippen LogP contribution in [0.15, 0.2) is 4.42 Å². The van der Waals surface area contributed by atoms with E-state index >= 15 is 0 Å². The van der Waals surface area contributed by atoms with Gasteiger partial charge in [0.25, 0.3) is 0 Å². The molecule has 2 rings (SSSR count). The lowest BCUT2D eigenvalue weighted by atomic mass is 10.0. The van der Waals surface area contributed by atoms with Crippen molar-refractivity contribution in [3.8, 4) is 0 Å². The molecule has 1 aliphatic heterocycles. The Balaban J connectivity index is 2.10. The van der Waals surface area contributed by atoms with E-state index in [9.17, 15) is 8.42 Å². The van der Waals surface area contributed by atoms with Crippen LogP contribution in [-0.4, -0.2) is 35.7 Å². The Morgan fingerprint density at radius 1 is 1.53 bits per heavy atom. The summed E-state index contributed by atoms with van der Waals surface area (Å²) in [7, 11) is -2.96. The molecule has 2 heterocycles. The maximum atomic E-state index is 11.4. The monoisotopic (exact) mass is 279 g/mol. The Morgan fingerprint density at radius 2 is 2.24 bits per heavy atom. The van der Waals surface area contributed by atoms with Crippen LogP contribution in [0.5, 0.6) is 0 Å². The third kappa shape index (κ3) is 2.90. The van der Waals surface area contributed by atoms with Crippen LogP contribution in [0.1, 0.15) is 31.5 Å². The van der Waals surface area contributed by atoms with Crippen LogP contribution in [0.25, 0.3) is 0 Å². The fourth-order valence-corrected chi connectivity index (χ4v) is 3.99. The van der Waals surface area contributed by atoms with Gasteiger partial charge in [-0.15, -0.1) is 16.7 Å². The van der Waals surface area contributed by atoms with Gasteiger partial charge in [-0.1, -0.05) is 5.10 Å². The minimum absolute atomic E-state index is 0.0775. The molecule has 1 aromatic rings. The topological polar surface area (TPSA) is 85.1 Å². The molecule has 0 bridgehead atoms. The molecule has 1 fully saturated rings. The van der Waals surface area contributed by atoms with Crippen LogP contribution in [-0.2, 0) is 9.84 Å². The summed E-state index contributed by atoms with van der Waals surface area (Å²) in [5, 5.41) is 10.2. The number of aromatic nitrogens is 2. The molecule has 0 aromatic carbocycles. The highest BCUT2D eigenvalue weighted by Crippen LogP contribution is 2.28. The van der Waals surface area contributed by atoms with Crippen molar-refractivity contribution in [1.82, 2.24) is 10.2 Å². The van der Waals surface area contributed by atoms with Gasteiger partial charge in [0.05, 0.1) is 17.0 Å². The van der Waals surface area contributed by atoms with E-state index in [4.69, 9.17) is 16.0 Å². The predicted molar refractivity (Wildman–Crippen MR) is 63.9 cm³/mol. The number of hydrogen-bond acceptors (Lipinski definition) is 6. The van der Waals surface area contributed by atoms with E-state index in [0.29, 0.717) is 12.3 Å². The quantitative estimate of drug-likeness (QED) is 0.841. The number of sulfone groups is 1. The highest BCUT2D eigenvalue weighted by Gasteiger charge is 2.39. The van der Waals surface area contributed by atoms with E-state index in [1.54, 1.807) is 6.92 Å². The number of halogens is 1. The third-order valence-electron chi connectivity index (χ3n) is 2.69. The average Bonchev–Trinajstić information content (AvgIpc) is 2.72. The molecule has 8 heteroatoms. The summed E-state index contributed by atoms with van der Waals surface area (Å²) in [4.78, 5) is 0. The summed E-state index contributed by atoms with van der Waals surface area (Å²) >= 11 is 5.79. The zero-order chi connectivity index (χ0) is 12.7. The SMILES string of the molecule is CC(Cl)c1nnc(NC2(C)CCS(=O)(=O)C2)o1. The molecule has 0 saturated carbocycles. The van der Waals surface area contributed by atoms with Crippen molar-refractivity contribution >= 4 is 27.5 Å². The smallest absolute Gasteiger partial charge is 0.315 e. The Labute approximate surface area is 105 Å². The van der Waals surface area contributed by atoms with Gasteiger partial charge < -0.3 is 9.73 Å². The molecule has 1 aliphatic rings. The van der Waals surface area contributed by atoms with E-state index in [1.807, 2.05) is 6.92 Å². The number of rotatable bonds is 3. The van der Waals surface area contributed by atoms with Gasteiger partial charge in [0, 0.05) is 0 Å². The summed E-state index contributed by atoms with van der Waals surface area (Å²) in [6.45, 7) is 3.55. The standard InChI is InChI=1S/C9H14ClN3O3S/c1-6(10)7-12-13-8(16-7)11-9(2)3-4-17(14,15)5-9/h6H,3-5H2,1-2H3,(H,11,13). The molecule has 2 atom stereocenters. The Hall–Kier alpha value is -0.820. The summed E-state index contributed by atoms with van der Waals surface area (Å²) in [5.41, 5.74) is -0.543. The van der Waals surface area contributed by atoms with Crippen molar-refractivity contribution in [3.05, 3.63) is 5.89 Å². The summed E-state index contributed by atoms with van der Waals surface area (Å²) in [6.07, 6.45) is 0.531. The van der Waals surface area contributed by atoms with E-state index in [-0.39, 0.29) is 22.9 Å². The summed E-state index contributed by atoms with van der Waals surface area (Å²) in [6, 6.07) is 0.215. The largest absolute Gasteiger partial charge is 0.406 e. The van der Waals surface area contributed by atoms with Crippen LogP contribution in [0.2, 0.25) is 0 Å². The molecule has 6 nitrogen and oxygen atoms in total. The fraction of sp³-hybridized carbons (Fsp3) is 0.778. The van der Waals surface area contributed by atoms with Gasteiger partial charge in [0.1, 0.15) is 5.38 Å². The van der Waals surface area contributed by atoms with E-state index in [2.05, 4.69) is 15.5 Å². The molecule has 0 amide bonds. The lowest BCUT2D eigenvalue weighted by Gasteiger charge is -2.21. The van der Waals surface area contributed by atoms with Gasteiger partial charge in [-0.3, -0.25) is 0 Å². The van der Waals surface area contributed by atoms with Crippen LogP contribution in [0.3, 0.4) is 0 Å². The number of anilines is 1. The maximum Gasteiger partial charge on any atom is 0.315 e. The highest BCUT2D eigenvalue weighted by molar-refractivity contribution is 7.91. The van der Waals surface area contributed by atoms with Crippen molar-refractivity contribution in [2.24, 2.45) is 0 Å². The van der Waals surface area contributed by atoms with Gasteiger partial charge >= 0.3 is 6.01 Å². The lowest BCUT2D eigenvalue weighted by Crippen LogP contribution is -2.36. The van der Waals surface area contributed by atoms with E-state index < -0.39 is 15.4 Å². The Kier molecular flexibility index (Phi) is 3.07. The van der Waals surface area contributed by atoms with Crippen molar-refractivity contribution < 1.29 is 12.8 Å². The normalized spacial score (nSPS) is 29.1. The Morgan fingerprint density at radius 3 is 2.71 bits per heavy atom. The summed E-state index contributed by atoms with van der Waals surface area (Å²) in [5.74, 6) is 0.580. The zero-order valence-electron chi connectivity index (χ0n) is 9.60. The van der Waals surface area contributed by atoms with Gasteiger partial charge in [0.15, 0.2) is 9.84 Å². The maximum absolute atomic E-state index is 11.4. The number of hydrogen-bond donors (Lipinski definition) is 1. The second-order valence-corrected chi connectivity index (χ2v) is 7.43. The van der Waals surface area contributed by atoms with Crippen LogP contribution in [0.4, 0.5) is 6.01 Å². The average molecular weight is 280 g/mol. The van der Waals surface area contributed by atoms with Crippen molar-refractivity contribution in [2.45, 2.75) is 31.2 Å². The molecule has 1 saturated heterocycles. The van der Waals surface area contributed by atoms with Crippen molar-refractivity contribution in [1.29, 1.82) is 0 Å². The van der Waals surface area contributed by atoms with Gasteiger partial charge in [-0.25, -0.2) is 8.42 Å².